The van der Waals surface area contributed by atoms with E-state index in [0.717, 1.165) is 0 Å². The molecule has 2 aromatic heterocycles. The Morgan fingerprint density at radius 1 is 0.205 bits per heavy atom. The van der Waals surface area contributed by atoms with Crippen molar-refractivity contribution in [3.63, 3.8) is 0 Å². The molecule has 0 radical (unpaired) electrons. The Balaban J connectivity index is 0.861. The van der Waals surface area contributed by atoms with E-state index in [2.05, 4.69) is 312 Å². The summed E-state index contributed by atoms with van der Waals surface area (Å²) in [5, 5.41) is 12.5. The summed E-state index contributed by atoms with van der Waals surface area (Å²) in [5.74, 6) is 0. The molecule has 0 fully saturated rings. The van der Waals surface area contributed by atoms with Crippen LogP contribution < -0.4 is 0 Å². The first-order chi connectivity index (χ1) is 43.7. The molecule has 88 heavy (non-hydrogen) atoms. The normalized spacial score (nSPS) is 16.3. The molecular formula is C86H50N2. The molecular weight excluding hydrogens is 1060 g/mol. The maximum absolute atomic E-state index is 2.57. The first-order valence-corrected chi connectivity index (χ1v) is 30.9. The minimum atomic E-state index is -0.578. The van der Waals surface area contributed by atoms with Crippen molar-refractivity contribution >= 4 is 75.9 Å². The van der Waals surface area contributed by atoms with E-state index in [4.69, 9.17) is 0 Å². The Labute approximate surface area is 507 Å². The predicted octanol–water partition coefficient (Wildman–Crippen LogP) is 21.7. The Morgan fingerprint density at radius 3 is 1.12 bits per heavy atom. The summed E-state index contributed by atoms with van der Waals surface area (Å²) in [7, 11) is 0. The highest BCUT2D eigenvalue weighted by Crippen LogP contribution is 2.65. The van der Waals surface area contributed by atoms with Crippen molar-refractivity contribution in [1.82, 2.24) is 9.13 Å². The molecule has 15 aromatic carbocycles. The van der Waals surface area contributed by atoms with Crippen LogP contribution >= 0.6 is 0 Å². The zero-order valence-corrected chi connectivity index (χ0v) is 47.8. The van der Waals surface area contributed by atoms with Crippen LogP contribution in [-0.2, 0) is 10.8 Å². The van der Waals surface area contributed by atoms with Gasteiger partial charge in [0.1, 0.15) is 0 Å². The zero-order valence-electron chi connectivity index (χ0n) is 47.8. The molecule has 0 saturated heterocycles. The van der Waals surface area contributed by atoms with Gasteiger partial charge in [0, 0.05) is 21.5 Å². The third kappa shape index (κ3) is 5.53. The maximum Gasteiger partial charge on any atom is 0.0754 e. The Kier molecular flexibility index (Phi) is 8.95. The highest BCUT2D eigenvalue weighted by molar-refractivity contribution is 6.22. The van der Waals surface area contributed by atoms with Crippen LogP contribution in [-0.4, -0.2) is 9.13 Å². The van der Waals surface area contributed by atoms with E-state index >= 15 is 0 Å². The fraction of sp³-hybridized carbons (Fsp3) is 0.0233. The minimum absolute atomic E-state index is 0.578. The Bertz CT molecular complexity index is 5700. The molecule has 0 bridgehead atoms. The zero-order chi connectivity index (χ0) is 57.1. The second-order valence-corrected chi connectivity index (χ2v) is 24.8. The molecule has 404 valence electrons. The number of hydrogen-bond donors (Lipinski definition) is 0. The molecule has 2 spiro atoms. The van der Waals surface area contributed by atoms with Gasteiger partial charge in [0.15, 0.2) is 0 Å². The summed E-state index contributed by atoms with van der Waals surface area (Å²) in [5.41, 5.74) is 29.5. The molecule has 2 aliphatic carbocycles. The molecule has 2 aliphatic heterocycles. The van der Waals surface area contributed by atoms with Gasteiger partial charge in [-0.25, -0.2) is 0 Å². The molecule has 4 heterocycles. The Hall–Kier alpha value is -11.3. The fourth-order valence-electron chi connectivity index (χ4n) is 18.0. The van der Waals surface area contributed by atoms with Gasteiger partial charge in [0.05, 0.1) is 44.3 Å². The summed E-state index contributed by atoms with van der Waals surface area (Å²) in [6.45, 7) is 0. The monoisotopic (exact) mass is 1110 g/mol. The van der Waals surface area contributed by atoms with Gasteiger partial charge in [-0.3, -0.25) is 0 Å². The lowest BCUT2D eigenvalue weighted by molar-refractivity contribution is 0.748. The molecule has 17 aromatic rings. The second-order valence-electron chi connectivity index (χ2n) is 24.8. The molecule has 0 amide bonds. The molecule has 2 atom stereocenters. The molecule has 0 N–H and O–H groups in total. The van der Waals surface area contributed by atoms with Gasteiger partial charge in [0.25, 0.3) is 0 Å². The lowest BCUT2D eigenvalue weighted by Gasteiger charge is -2.39. The first kappa shape index (κ1) is 47.0. The van der Waals surface area contributed by atoms with Crippen LogP contribution in [0.25, 0.3) is 143 Å². The fourth-order valence-corrected chi connectivity index (χ4v) is 18.0. The van der Waals surface area contributed by atoms with E-state index < -0.39 is 10.8 Å². The lowest BCUT2D eigenvalue weighted by atomic mass is 9.65. The smallest absolute Gasteiger partial charge is 0.0754 e. The number of benzene rings is 15. The molecule has 2 heteroatoms. The molecule has 0 saturated carbocycles. The number of hydrogen-bond acceptors (Lipinski definition) is 0. The van der Waals surface area contributed by atoms with Crippen molar-refractivity contribution in [2.75, 3.05) is 0 Å². The quantitative estimate of drug-likeness (QED) is 0.156. The van der Waals surface area contributed by atoms with Crippen molar-refractivity contribution < 1.29 is 0 Å². The van der Waals surface area contributed by atoms with Gasteiger partial charge in [-0.15, -0.1) is 0 Å². The van der Waals surface area contributed by atoms with Crippen molar-refractivity contribution in [2.24, 2.45) is 0 Å². The number of fused-ring (bicyclic) bond motifs is 27. The van der Waals surface area contributed by atoms with Crippen molar-refractivity contribution in [2.45, 2.75) is 10.8 Å². The average Bonchev–Trinajstić information content (AvgIpc) is 1.52. The van der Waals surface area contributed by atoms with Crippen LogP contribution in [0.5, 0.6) is 0 Å². The van der Waals surface area contributed by atoms with E-state index in [1.165, 1.54) is 187 Å². The van der Waals surface area contributed by atoms with Gasteiger partial charge in [-0.2, -0.15) is 0 Å². The van der Waals surface area contributed by atoms with Crippen LogP contribution in [0.15, 0.2) is 303 Å². The van der Waals surface area contributed by atoms with Crippen molar-refractivity contribution in [1.29, 1.82) is 0 Å². The highest BCUT2D eigenvalue weighted by atomic mass is 15.0. The number of para-hydroxylation sites is 6. The summed E-state index contributed by atoms with van der Waals surface area (Å²) in [6.07, 6.45) is 0. The van der Waals surface area contributed by atoms with E-state index in [-0.39, 0.29) is 0 Å². The van der Waals surface area contributed by atoms with E-state index in [1.807, 2.05) is 0 Å². The van der Waals surface area contributed by atoms with Gasteiger partial charge in [-0.1, -0.05) is 267 Å². The van der Waals surface area contributed by atoms with Gasteiger partial charge >= 0.3 is 0 Å². The molecule has 2 unspecified atom stereocenters. The minimum Gasteiger partial charge on any atom is -0.309 e. The first-order valence-electron chi connectivity index (χ1n) is 30.9. The second kappa shape index (κ2) is 16.8. The molecule has 4 aliphatic rings. The van der Waals surface area contributed by atoms with Gasteiger partial charge in [-0.05, 0) is 169 Å². The highest BCUT2D eigenvalue weighted by Gasteiger charge is 2.53. The van der Waals surface area contributed by atoms with Crippen molar-refractivity contribution in [3.8, 4) is 67.0 Å². The Morgan fingerprint density at radius 2 is 0.580 bits per heavy atom. The third-order valence-corrected chi connectivity index (χ3v) is 21.1. The van der Waals surface area contributed by atoms with E-state index in [9.17, 15) is 0 Å². The summed E-state index contributed by atoms with van der Waals surface area (Å²) >= 11 is 0. The van der Waals surface area contributed by atoms with Gasteiger partial charge in [0.2, 0.25) is 0 Å². The maximum atomic E-state index is 2.57. The van der Waals surface area contributed by atoms with Crippen molar-refractivity contribution in [3.05, 3.63) is 348 Å². The van der Waals surface area contributed by atoms with Crippen LogP contribution in [0.2, 0.25) is 0 Å². The average molecular weight is 1110 g/mol. The molecule has 21 rings (SSSR count). The SMILES string of the molecule is c1ccc2c(c1)-c1c(-c3cccc4c(-c5ccc6ccccc6c5)c5cccc(-c6cccc7c6-c6ccccc6C76c7ccccc7-n7c8ccccc8c8cccc6c87)c5cc34)cccc1C21c2ccccc2-n2c3ccccc3c3cccc1c32. The topological polar surface area (TPSA) is 9.86 Å². The lowest BCUT2D eigenvalue weighted by Crippen LogP contribution is -2.33. The van der Waals surface area contributed by atoms with Crippen LogP contribution in [0.3, 0.4) is 0 Å². The number of nitrogens with zero attached hydrogens (tertiary/aromatic N) is 2. The standard InChI is InChI=1S/C86H50N2/c1-2-22-52-49-53(48-47-51(52)21-1)80-60-29-15-27-54(58-31-17-39-72-81(58)64-25-3-7-35-68(64)85(72)70-37-9-13-45-78(70)87-76-43-11-5-23-56(76)62-33-19-41-74(85)83(62)87)66(60)50-67-55(28-16-30-61(67)80)59-32-18-40-73-82(59)65-26-4-8-36-69(65)86(73)71-38-10-14-46-79(71)88-77-44-12-6-24-57(77)63-34-20-42-75(86)84(63)88/h1-50H. The molecule has 2 nitrogen and oxygen atoms in total. The summed E-state index contributed by atoms with van der Waals surface area (Å²) in [4.78, 5) is 0. The van der Waals surface area contributed by atoms with Crippen LogP contribution in [0.4, 0.5) is 0 Å². The summed E-state index contributed by atoms with van der Waals surface area (Å²) < 4.78 is 5.09. The number of rotatable bonds is 3. The summed E-state index contributed by atoms with van der Waals surface area (Å²) in [6, 6.07) is 116. The predicted molar refractivity (Wildman–Crippen MR) is 366 cm³/mol. The van der Waals surface area contributed by atoms with Crippen LogP contribution in [0, 0.1) is 0 Å². The van der Waals surface area contributed by atoms with Gasteiger partial charge < -0.3 is 9.13 Å². The van der Waals surface area contributed by atoms with Crippen LogP contribution in [0.1, 0.15) is 44.5 Å². The third-order valence-electron chi connectivity index (χ3n) is 21.1. The van der Waals surface area contributed by atoms with E-state index in [0.29, 0.717) is 0 Å². The van der Waals surface area contributed by atoms with E-state index in [1.54, 1.807) is 0 Å². The number of aromatic nitrogens is 2. The largest absolute Gasteiger partial charge is 0.309 e.